The van der Waals surface area contributed by atoms with Gasteiger partial charge in [0.2, 0.25) is 6.79 Å². The molecule has 1 aliphatic heterocycles. The quantitative estimate of drug-likeness (QED) is 0.314. The molecule has 2 aliphatic rings. The predicted octanol–water partition coefficient (Wildman–Crippen LogP) is -7.10. The van der Waals surface area contributed by atoms with Crippen LogP contribution in [0, 0.1) is 5.41 Å². The van der Waals surface area contributed by atoms with Gasteiger partial charge in [0.1, 0.15) is 0 Å². The smallest absolute Gasteiger partial charge is 0.449 e. The number of fused-ring (bicyclic) bond motifs is 1. The molecule has 1 aromatic rings. The SMILES string of the molecule is CCC1(C(=O)O)CC1c1ccc2c(c1)OCO2.[O-][I+]O.[O-][I+]O. The zero-order valence-electron chi connectivity index (χ0n) is 12.1. The summed E-state index contributed by atoms with van der Waals surface area (Å²) >= 11 is -3.32. The second-order valence-electron chi connectivity index (χ2n) is 4.82. The molecule has 0 spiro atoms. The summed E-state index contributed by atoms with van der Waals surface area (Å²) in [5.74, 6) is 0.888. The average molecular weight is 554 g/mol. The topological polar surface area (TPSA) is 142 Å². The van der Waals surface area contributed by atoms with Crippen LogP contribution >= 0.6 is 0 Å². The van der Waals surface area contributed by atoms with E-state index in [4.69, 9.17) is 23.2 Å². The van der Waals surface area contributed by atoms with E-state index >= 15 is 0 Å². The summed E-state index contributed by atoms with van der Waals surface area (Å²) in [4.78, 5) is 11.3. The summed E-state index contributed by atoms with van der Waals surface area (Å²) in [5.41, 5.74) is 0.478. The van der Waals surface area contributed by atoms with Gasteiger partial charge in [-0.05, 0) is 30.5 Å². The number of hydrogen-bond acceptors (Lipinski definition) is 7. The first-order chi connectivity index (χ1) is 11.0. The van der Waals surface area contributed by atoms with Crippen molar-refractivity contribution < 1.29 is 77.2 Å². The van der Waals surface area contributed by atoms with Gasteiger partial charge in [-0.15, -0.1) is 0 Å². The van der Waals surface area contributed by atoms with Crippen LogP contribution in [0.3, 0.4) is 0 Å². The number of carboxylic acids is 1. The Morgan fingerprint density at radius 3 is 2.35 bits per heavy atom. The van der Waals surface area contributed by atoms with Gasteiger partial charge in [0.05, 0.1) is 5.41 Å². The fourth-order valence-electron chi connectivity index (χ4n) is 2.65. The summed E-state index contributed by atoms with van der Waals surface area (Å²) in [6.45, 7) is 2.18. The summed E-state index contributed by atoms with van der Waals surface area (Å²) < 4.78 is 42.0. The molecule has 0 amide bonds. The fourth-order valence-corrected chi connectivity index (χ4v) is 2.65. The van der Waals surface area contributed by atoms with Gasteiger partial charge >= 0.3 is 50.0 Å². The molecule has 0 radical (unpaired) electrons. The molecule has 2 unspecified atom stereocenters. The van der Waals surface area contributed by atoms with Gasteiger partial charge in [-0.25, -0.2) is 0 Å². The molecule has 130 valence electrons. The largest absolute Gasteiger partial charge is 0.567 e. The second-order valence-corrected chi connectivity index (χ2v) is 5.61. The maximum absolute atomic E-state index is 11.3. The first kappa shape index (κ1) is 20.6. The van der Waals surface area contributed by atoms with E-state index in [-0.39, 0.29) is 12.7 Å². The van der Waals surface area contributed by atoms with Crippen molar-refractivity contribution in [1.29, 1.82) is 0 Å². The molecule has 0 aromatic heterocycles. The van der Waals surface area contributed by atoms with Crippen LogP contribution in [0.1, 0.15) is 31.2 Å². The van der Waals surface area contributed by atoms with Gasteiger partial charge in [-0.3, -0.25) is 4.79 Å². The molecular formula is C13H16I2O8. The van der Waals surface area contributed by atoms with E-state index in [9.17, 15) is 9.90 Å². The molecular weight excluding hydrogens is 538 g/mol. The molecule has 0 saturated heterocycles. The summed E-state index contributed by atoms with van der Waals surface area (Å²) in [6.07, 6.45) is 1.39. The second kappa shape index (κ2) is 9.78. The van der Waals surface area contributed by atoms with Gasteiger partial charge in [-0.1, -0.05) is 13.0 Å². The van der Waals surface area contributed by atoms with E-state index in [1.54, 1.807) is 0 Å². The Morgan fingerprint density at radius 2 is 1.87 bits per heavy atom. The van der Waals surface area contributed by atoms with Gasteiger partial charge in [-0.2, -0.15) is 6.87 Å². The molecule has 1 fully saturated rings. The van der Waals surface area contributed by atoms with Gasteiger partial charge in [0.15, 0.2) is 11.5 Å². The van der Waals surface area contributed by atoms with Crippen molar-refractivity contribution >= 4 is 5.97 Å². The zero-order valence-corrected chi connectivity index (χ0v) is 16.4. The fraction of sp³-hybridized carbons (Fsp3) is 0.462. The molecule has 1 saturated carbocycles. The zero-order chi connectivity index (χ0) is 17.5. The van der Waals surface area contributed by atoms with Crippen LogP contribution in [0.15, 0.2) is 18.2 Å². The van der Waals surface area contributed by atoms with Crippen molar-refractivity contribution in [3.63, 3.8) is 0 Å². The first-order valence-electron chi connectivity index (χ1n) is 6.45. The van der Waals surface area contributed by atoms with E-state index in [0.29, 0.717) is 6.42 Å². The lowest BCUT2D eigenvalue weighted by molar-refractivity contribution is -1.27. The molecule has 3 rings (SSSR count). The minimum absolute atomic E-state index is 0.111. The van der Waals surface area contributed by atoms with Crippen molar-refractivity contribution in [2.75, 3.05) is 6.79 Å². The highest BCUT2D eigenvalue weighted by Gasteiger charge is 2.59. The monoisotopic (exact) mass is 554 g/mol. The van der Waals surface area contributed by atoms with Crippen LogP contribution in [0.2, 0.25) is 0 Å². The average Bonchev–Trinajstić information content (AvgIpc) is 3.10. The Labute approximate surface area is 155 Å². The molecule has 1 aromatic carbocycles. The summed E-state index contributed by atoms with van der Waals surface area (Å²) in [6, 6.07) is 5.71. The van der Waals surface area contributed by atoms with E-state index < -0.39 is 55.5 Å². The number of carbonyl (C=O) groups is 1. The molecule has 1 heterocycles. The standard InChI is InChI=1S/C13H14O4.2HIO2/c1-2-13(12(14)15)6-9(13)8-3-4-10-11(5-8)17-7-16-10;2*2-1-3/h3-5,9H,2,6-7H2,1H3,(H,14,15);2*2H. The molecule has 10 heteroatoms. The summed E-state index contributed by atoms with van der Waals surface area (Å²) in [7, 11) is 0. The van der Waals surface area contributed by atoms with E-state index in [1.165, 1.54) is 0 Å². The Morgan fingerprint density at radius 1 is 1.30 bits per heavy atom. The first-order valence-corrected chi connectivity index (χ1v) is 10.1. The normalized spacial score (nSPS) is 23.1. The van der Waals surface area contributed by atoms with Crippen molar-refractivity contribution in [1.82, 2.24) is 0 Å². The predicted molar refractivity (Wildman–Crippen MR) is 64.7 cm³/mol. The Hall–Kier alpha value is -0.410. The third kappa shape index (κ3) is 5.03. The lowest BCUT2D eigenvalue weighted by Gasteiger charge is -2.09. The highest BCUT2D eigenvalue weighted by Crippen LogP contribution is 2.62. The van der Waals surface area contributed by atoms with Crippen LogP contribution in [0.4, 0.5) is 0 Å². The lowest BCUT2D eigenvalue weighted by atomic mass is 9.96. The number of carboxylic acid groups (broad SMARTS) is 1. The highest BCUT2D eigenvalue weighted by atomic mass is 127. The van der Waals surface area contributed by atoms with Crippen LogP contribution in [0.5, 0.6) is 11.5 Å². The van der Waals surface area contributed by atoms with Gasteiger partial charge in [0, 0.05) is 5.92 Å². The number of hydrogen-bond donors (Lipinski definition) is 3. The van der Waals surface area contributed by atoms with Crippen LogP contribution in [-0.4, -0.2) is 24.7 Å². The van der Waals surface area contributed by atoms with Crippen molar-refractivity contribution in [3.8, 4) is 11.5 Å². The molecule has 8 nitrogen and oxygen atoms in total. The van der Waals surface area contributed by atoms with Gasteiger partial charge in [0.25, 0.3) is 0 Å². The summed E-state index contributed by atoms with van der Waals surface area (Å²) in [5, 5.41) is 9.27. The van der Waals surface area contributed by atoms with Crippen LogP contribution in [-0.2, 0) is 4.79 Å². The minimum Gasteiger partial charge on any atom is -0.567 e. The van der Waals surface area contributed by atoms with E-state index in [2.05, 4.69) is 0 Å². The highest BCUT2D eigenvalue weighted by molar-refractivity contribution is 5.80. The third-order valence-corrected chi connectivity index (χ3v) is 3.93. The van der Waals surface area contributed by atoms with Crippen molar-refractivity contribution in [3.05, 3.63) is 23.8 Å². The number of halogens is 2. The maximum Gasteiger partial charge on any atom is 0.449 e. The molecule has 0 bridgehead atoms. The third-order valence-electron chi connectivity index (χ3n) is 3.93. The van der Waals surface area contributed by atoms with Crippen molar-refractivity contribution in [2.24, 2.45) is 5.41 Å². The number of rotatable bonds is 3. The Kier molecular flexibility index (Phi) is 8.78. The molecule has 23 heavy (non-hydrogen) atoms. The van der Waals surface area contributed by atoms with Crippen molar-refractivity contribution in [2.45, 2.75) is 25.7 Å². The number of aliphatic carboxylic acids is 1. The number of benzene rings is 1. The number of ether oxygens (including phenoxy) is 2. The lowest BCUT2D eigenvalue weighted by Crippen LogP contribution is -3.69. The van der Waals surface area contributed by atoms with E-state index in [1.807, 2.05) is 25.1 Å². The molecule has 2 atom stereocenters. The Balaban J connectivity index is 0.000000387. The Bertz CT molecular complexity index is 525. The maximum atomic E-state index is 11.3. The van der Waals surface area contributed by atoms with E-state index in [0.717, 1.165) is 23.5 Å². The molecule has 3 N–H and O–H groups in total. The van der Waals surface area contributed by atoms with Crippen LogP contribution in [0.25, 0.3) is 0 Å². The molecule has 1 aliphatic carbocycles. The van der Waals surface area contributed by atoms with Crippen LogP contribution < -0.4 is 60.4 Å². The van der Waals surface area contributed by atoms with Gasteiger partial charge < -0.3 is 21.5 Å². The minimum atomic E-state index is -1.66.